The van der Waals surface area contributed by atoms with E-state index in [1.807, 2.05) is 5.57 Å². The molecule has 0 aliphatic heterocycles. The van der Waals surface area contributed by atoms with E-state index >= 15 is 0 Å². The maximum Gasteiger partial charge on any atom is 0.0852 e. The van der Waals surface area contributed by atoms with Crippen molar-refractivity contribution in [3.63, 3.8) is 0 Å². The van der Waals surface area contributed by atoms with Gasteiger partial charge in [-0.2, -0.15) is 0 Å². The molecule has 2 N–H and O–H groups in total. The van der Waals surface area contributed by atoms with Crippen molar-refractivity contribution in [1.29, 1.82) is 0 Å². The van der Waals surface area contributed by atoms with Gasteiger partial charge in [-0.15, -0.1) is 0 Å². The van der Waals surface area contributed by atoms with Crippen LogP contribution in [0.5, 0.6) is 0 Å². The highest BCUT2D eigenvalue weighted by atomic mass is 16.3. The van der Waals surface area contributed by atoms with E-state index in [0.29, 0.717) is 39.4 Å². The third-order valence-electron chi connectivity index (χ3n) is 12.9. The molecule has 2 nitrogen and oxygen atoms in total. The van der Waals surface area contributed by atoms with Crippen molar-refractivity contribution in [3.8, 4) is 0 Å². The molecule has 4 fully saturated rings. The van der Waals surface area contributed by atoms with Crippen molar-refractivity contribution in [1.82, 2.24) is 0 Å². The Morgan fingerprint density at radius 1 is 0.719 bits per heavy atom. The molecule has 2 heteroatoms. The summed E-state index contributed by atoms with van der Waals surface area (Å²) in [6, 6.07) is 0. The molecule has 0 radical (unpaired) electrons. The molecule has 5 aliphatic carbocycles. The summed E-state index contributed by atoms with van der Waals surface area (Å²) >= 11 is 0. The Balaban J connectivity index is 1.57. The molecule has 0 spiro atoms. The molecule has 5 aliphatic rings. The fourth-order valence-corrected chi connectivity index (χ4v) is 10.8. The number of allylic oxidation sites excluding steroid dienone is 2. The lowest BCUT2D eigenvalue weighted by Gasteiger charge is -2.72. The Morgan fingerprint density at radius 3 is 2.06 bits per heavy atom. The van der Waals surface area contributed by atoms with Crippen LogP contribution in [0.15, 0.2) is 11.6 Å². The Labute approximate surface area is 197 Å². The number of hydrogen-bond donors (Lipinski definition) is 2. The van der Waals surface area contributed by atoms with E-state index in [0.717, 1.165) is 6.42 Å². The third-order valence-corrected chi connectivity index (χ3v) is 12.9. The summed E-state index contributed by atoms with van der Waals surface area (Å²) in [6.45, 7) is 19.7. The minimum atomic E-state index is -0.595. The molecule has 9 atom stereocenters. The van der Waals surface area contributed by atoms with Crippen molar-refractivity contribution in [2.45, 2.75) is 125 Å². The zero-order chi connectivity index (χ0) is 23.5. The molecule has 0 aromatic carbocycles. The fraction of sp³-hybridized carbons (Fsp3) is 0.933. The molecule has 182 valence electrons. The third kappa shape index (κ3) is 2.78. The van der Waals surface area contributed by atoms with Gasteiger partial charge in [-0.05, 0) is 108 Å². The maximum absolute atomic E-state index is 11.0. The SMILES string of the molecule is CC1(C)C=C2C3CCC4C5(C)CC(O)C(O)C(C)(C)C5CCC4(C)C3(C)CCC2(C)CC1. The molecule has 0 aromatic rings. The average molecular weight is 443 g/mol. The van der Waals surface area contributed by atoms with Gasteiger partial charge in [-0.25, -0.2) is 0 Å². The molecule has 32 heavy (non-hydrogen) atoms. The van der Waals surface area contributed by atoms with Crippen LogP contribution in [-0.2, 0) is 0 Å². The minimum Gasteiger partial charge on any atom is -0.390 e. The normalized spacial score (nSPS) is 56.2. The van der Waals surface area contributed by atoms with Crippen LogP contribution >= 0.6 is 0 Å². The van der Waals surface area contributed by atoms with Crippen molar-refractivity contribution in [2.24, 2.45) is 50.2 Å². The summed E-state index contributed by atoms with van der Waals surface area (Å²) in [5.41, 5.74) is 3.11. The second-order valence-electron chi connectivity index (χ2n) is 15.3. The van der Waals surface area contributed by atoms with Gasteiger partial charge in [0.25, 0.3) is 0 Å². The first-order chi connectivity index (χ1) is 14.6. The molecule has 0 saturated heterocycles. The fourth-order valence-electron chi connectivity index (χ4n) is 10.8. The van der Waals surface area contributed by atoms with Crippen molar-refractivity contribution >= 4 is 0 Å². The summed E-state index contributed by atoms with van der Waals surface area (Å²) in [5, 5.41) is 21.9. The highest BCUT2D eigenvalue weighted by Crippen LogP contribution is 2.76. The number of rotatable bonds is 0. The Hall–Kier alpha value is -0.340. The van der Waals surface area contributed by atoms with E-state index in [4.69, 9.17) is 0 Å². The first kappa shape index (κ1) is 23.4. The van der Waals surface area contributed by atoms with Gasteiger partial charge in [-0.1, -0.05) is 67.0 Å². The quantitative estimate of drug-likeness (QED) is 0.391. The molecule has 0 aromatic heterocycles. The minimum absolute atomic E-state index is 0.115. The maximum atomic E-state index is 11.0. The van der Waals surface area contributed by atoms with Crippen LogP contribution < -0.4 is 0 Å². The lowest BCUT2D eigenvalue weighted by atomic mass is 9.32. The molecule has 5 rings (SSSR count). The van der Waals surface area contributed by atoms with Crippen molar-refractivity contribution in [3.05, 3.63) is 11.6 Å². The first-order valence-corrected chi connectivity index (χ1v) is 13.7. The smallest absolute Gasteiger partial charge is 0.0852 e. The predicted molar refractivity (Wildman–Crippen MR) is 132 cm³/mol. The lowest BCUT2D eigenvalue weighted by Crippen LogP contribution is -2.67. The van der Waals surface area contributed by atoms with E-state index in [2.05, 4.69) is 61.5 Å². The molecule has 9 unspecified atom stereocenters. The zero-order valence-electron chi connectivity index (χ0n) is 22.2. The number of fused-ring (bicyclic) bond motifs is 7. The molecule has 0 bridgehead atoms. The van der Waals surface area contributed by atoms with Gasteiger partial charge in [0.15, 0.2) is 0 Å². The number of aliphatic hydroxyl groups excluding tert-OH is 2. The second-order valence-corrected chi connectivity index (χ2v) is 15.3. The van der Waals surface area contributed by atoms with Gasteiger partial charge >= 0.3 is 0 Å². The molecular weight excluding hydrogens is 392 g/mol. The predicted octanol–water partition coefficient (Wildman–Crippen LogP) is 7.14. The summed E-state index contributed by atoms with van der Waals surface area (Å²) in [7, 11) is 0. The van der Waals surface area contributed by atoms with E-state index in [1.54, 1.807) is 0 Å². The molecular formula is C30H50O2. The van der Waals surface area contributed by atoms with E-state index < -0.39 is 12.2 Å². The Morgan fingerprint density at radius 2 is 1.38 bits per heavy atom. The van der Waals surface area contributed by atoms with Crippen LogP contribution in [0, 0.1) is 50.2 Å². The van der Waals surface area contributed by atoms with Crippen LogP contribution in [-0.4, -0.2) is 22.4 Å². The zero-order valence-corrected chi connectivity index (χ0v) is 22.2. The average Bonchev–Trinajstić information content (AvgIpc) is 2.68. The summed E-state index contributed by atoms with van der Waals surface area (Å²) < 4.78 is 0. The first-order valence-electron chi connectivity index (χ1n) is 13.7. The van der Waals surface area contributed by atoms with E-state index in [9.17, 15) is 10.2 Å². The van der Waals surface area contributed by atoms with Gasteiger partial charge in [0.1, 0.15) is 0 Å². The summed E-state index contributed by atoms with van der Waals surface area (Å²) in [6.07, 6.45) is 12.8. The van der Waals surface area contributed by atoms with Crippen LogP contribution in [0.2, 0.25) is 0 Å². The summed E-state index contributed by atoms with van der Waals surface area (Å²) in [4.78, 5) is 0. The van der Waals surface area contributed by atoms with Gasteiger partial charge in [0, 0.05) is 0 Å². The van der Waals surface area contributed by atoms with Crippen LogP contribution in [0.25, 0.3) is 0 Å². The van der Waals surface area contributed by atoms with Crippen LogP contribution in [0.4, 0.5) is 0 Å². The van der Waals surface area contributed by atoms with Gasteiger partial charge in [0.05, 0.1) is 12.2 Å². The van der Waals surface area contributed by atoms with Crippen LogP contribution in [0.1, 0.15) is 113 Å². The highest BCUT2D eigenvalue weighted by Gasteiger charge is 2.69. The lowest BCUT2D eigenvalue weighted by molar-refractivity contribution is -0.250. The second kappa shape index (κ2) is 6.66. The monoisotopic (exact) mass is 442 g/mol. The molecule has 0 heterocycles. The van der Waals surface area contributed by atoms with Crippen molar-refractivity contribution in [2.75, 3.05) is 0 Å². The topological polar surface area (TPSA) is 40.5 Å². The standard InChI is InChI=1S/C30H50O2/c1-25(2)13-14-27(5)15-16-29(7)19(20(27)17-25)9-10-23-28(6)18-21(31)24(32)26(3,4)22(28)11-12-30(23,29)8/h17,19,21-24,31-32H,9-16,18H2,1-8H3. The number of hydrogen-bond acceptors (Lipinski definition) is 2. The van der Waals surface area contributed by atoms with E-state index in [-0.39, 0.29) is 10.8 Å². The summed E-state index contributed by atoms with van der Waals surface area (Å²) in [5.74, 6) is 1.85. The van der Waals surface area contributed by atoms with Crippen LogP contribution in [0.3, 0.4) is 0 Å². The van der Waals surface area contributed by atoms with Gasteiger partial charge in [0.2, 0.25) is 0 Å². The molecule has 4 saturated carbocycles. The molecule has 0 amide bonds. The Bertz CT molecular complexity index is 825. The van der Waals surface area contributed by atoms with Crippen molar-refractivity contribution < 1.29 is 10.2 Å². The highest BCUT2D eigenvalue weighted by molar-refractivity contribution is 5.31. The number of aliphatic hydroxyl groups is 2. The van der Waals surface area contributed by atoms with E-state index in [1.165, 1.54) is 51.4 Å². The Kier molecular flexibility index (Phi) is 4.87. The van der Waals surface area contributed by atoms with Gasteiger partial charge in [-0.3, -0.25) is 0 Å². The largest absolute Gasteiger partial charge is 0.390 e. The van der Waals surface area contributed by atoms with Gasteiger partial charge < -0.3 is 10.2 Å².